The second-order valence-corrected chi connectivity index (χ2v) is 4.47. The number of nitro benzene ring substituents is 1. The molecule has 1 aliphatic rings. The van der Waals surface area contributed by atoms with E-state index >= 15 is 0 Å². The van der Waals surface area contributed by atoms with Crippen molar-refractivity contribution in [2.24, 2.45) is 0 Å². The highest BCUT2D eigenvalue weighted by Crippen LogP contribution is 2.26. The van der Waals surface area contributed by atoms with E-state index in [-0.39, 0.29) is 10.6 Å². The molecule has 1 unspecified atom stereocenters. The lowest BCUT2D eigenvalue weighted by Gasteiger charge is -2.36. The van der Waals surface area contributed by atoms with Gasteiger partial charge in [-0.25, -0.2) is 0 Å². The molecule has 1 aliphatic heterocycles. The molecule has 1 aromatic rings. The zero-order valence-electron chi connectivity index (χ0n) is 10.1. The summed E-state index contributed by atoms with van der Waals surface area (Å²) in [6, 6.07) is 5.50. The molecular formula is C12H17N3O2. The lowest BCUT2D eigenvalue weighted by Crippen LogP contribution is -2.50. The first-order valence-corrected chi connectivity index (χ1v) is 5.82. The second-order valence-electron chi connectivity index (χ2n) is 4.47. The number of anilines is 1. The van der Waals surface area contributed by atoms with E-state index in [4.69, 9.17) is 0 Å². The summed E-state index contributed by atoms with van der Waals surface area (Å²) in [5.41, 5.74) is 2.23. The van der Waals surface area contributed by atoms with Gasteiger partial charge >= 0.3 is 0 Å². The fraction of sp³-hybridized carbons (Fsp3) is 0.500. The van der Waals surface area contributed by atoms with Crippen LogP contribution in [-0.2, 0) is 0 Å². The van der Waals surface area contributed by atoms with Gasteiger partial charge in [-0.05, 0) is 25.5 Å². The van der Waals surface area contributed by atoms with E-state index in [1.807, 2.05) is 13.0 Å². The van der Waals surface area contributed by atoms with Crippen molar-refractivity contribution in [3.05, 3.63) is 33.9 Å². The molecule has 1 atom stereocenters. The molecule has 92 valence electrons. The van der Waals surface area contributed by atoms with Gasteiger partial charge in [0.2, 0.25) is 0 Å². The lowest BCUT2D eigenvalue weighted by molar-refractivity contribution is -0.384. The Kier molecular flexibility index (Phi) is 3.28. The first-order valence-electron chi connectivity index (χ1n) is 5.82. The lowest BCUT2D eigenvalue weighted by atomic mass is 10.1. The first kappa shape index (κ1) is 11.9. The first-order chi connectivity index (χ1) is 8.09. The van der Waals surface area contributed by atoms with Gasteiger partial charge < -0.3 is 10.2 Å². The van der Waals surface area contributed by atoms with Crippen molar-refractivity contribution < 1.29 is 4.92 Å². The number of aryl methyl sites for hydroxylation is 1. The monoisotopic (exact) mass is 235 g/mol. The van der Waals surface area contributed by atoms with Gasteiger partial charge in [0, 0.05) is 43.5 Å². The van der Waals surface area contributed by atoms with Gasteiger partial charge in [-0.1, -0.05) is 0 Å². The van der Waals surface area contributed by atoms with Gasteiger partial charge in [0.05, 0.1) is 4.92 Å². The third-order valence-electron chi connectivity index (χ3n) is 3.20. The van der Waals surface area contributed by atoms with Crippen LogP contribution >= 0.6 is 0 Å². The van der Waals surface area contributed by atoms with E-state index in [2.05, 4.69) is 17.1 Å². The predicted molar refractivity (Wildman–Crippen MR) is 67.5 cm³/mol. The molecule has 2 rings (SSSR count). The van der Waals surface area contributed by atoms with Crippen molar-refractivity contribution in [1.82, 2.24) is 5.32 Å². The minimum Gasteiger partial charge on any atom is -0.366 e. The standard InChI is InChI=1S/C12H17N3O2/c1-9-7-11(15(16)17)3-4-12(9)14-6-5-13-8-10(14)2/h3-4,7,10,13H,5-6,8H2,1-2H3. The molecule has 0 radical (unpaired) electrons. The Morgan fingerprint density at radius 2 is 2.29 bits per heavy atom. The average Bonchev–Trinajstić information content (AvgIpc) is 2.30. The Hall–Kier alpha value is -1.62. The van der Waals surface area contributed by atoms with Crippen molar-refractivity contribution in [3.8, 4) is 0 Å². The van der Waals surface area contributed by atoms with Crippen molar-refractivity contribution in [1.29, 1.82) is 0 Å². The molecule has 5 heteroatoms. The molecule has 5 nitrogen and oxygen atoms in total. The molecule has 1 N–H and O–H groups in total. The van der Waals surface area contributed by atoms with Crippen LogP contribution < -0.4 is 10.2 Å². The number of nitrogens with one attached hydrogen (secondary N) is 1. The summed E-state index contributed by atoms with van der Waals surface area (Å²) >= 11 is 0. The smallest absolute Gasteiger partial charge is 0.269 e. The molecule has 0 saturated carbocycles. The summed E-state index contributed by atoms with van der Waals surface area (Å²) in [4.78, 5) is 12.6. The number of rotatable bonds is 2. The van der Waals surface area contributed by atoms with Crippen LogP contribution in [0.3, 0.4) is 0 Å². The van der Waals surface area contributed by atoms with Crippen molar-refractivity contribution in [3.63, 3.8) is 0 Å². The summed E-state index contributed by atoms with van der Waals surface area (Å²) in [5, 5.41) is 14.0. The summed E-state index contributed by atoms with van der Waals surface area (Å²) in [5.74, 6) is 0. The molecule has 0 aromatic heterocycles. The van der Waals surface area contributed by atoms with E-state index in [9.17, 15) is 10.1 Å². The summed E-state index contributed by atoms with van der Waals surface area (Å²) in [7, 11) is 0. The highest BCUT2D eigenvalue weighted by Gasteiger charge is 2.20. The van der Waals surface area contributed by atoms with Crippen LogP contribution in [0.2, 0.25) is 0 Å². The van der Waals surface area contributed by atoms with Crippen molar-refractivity contribution in [2.75, 3.05) is 24.5 Å². The number of nitrogens with zero attached hydrogens (tertiary/aromatic N) is 2. The van der Waals surface area contributed by atoms with Crippen molar-refractivity contribution in [2.45, 2.75) is 19.9 Å². The molecule has 0 amide bonds. The van der Waals surface area contributed by atoms with E-state index in [0.29, 0.717) is 6.04 Å². The summed E-state index contributed by atoms with van der Waals surface area (Å²) in [6.45, 7) is 6.95. The molecule has 17 heavy (non-hydrogen) atoms. The largest absolute Gasteiger partial charge is 0.366 e. The Labute approximate surface area is 101 Å². The number of piperazine rings is 1. The van der Waals surface area contributed by atoms with Gasteiger partial charge in [0.1, 0.15) is 0 Å². The Balaban J connectivity index is 2.29. The maximum atomic E-state index is 10.7. The third kappa shape index (κ3) is 2.39. The molecule has 1 saturated heterocycles. The number of nitro groups is 1. The molecule has 0 aliphatic carbocycles. The summed E-state index contributed by atoms with van der Waals surface area (Å²) in [6.07, 6.45) is 0. The van der Waals surface area contributed by atoms with Crippen LogP contribution in [0.25, 0.3) is 0 Å². The van der Waals surface area contributed by atoms with E-state index in [1.165, 1.54) is 0 Å². The molecular weight excluding hydrogens is 218 g/mol. The maximum absolute atomic E-state index is 10.7. The highest BCUT2D eigenvalue weighted by molar-refractivity contribution is 5.58. The van der Waals surface area contributed by atoms with Crippen LogP contribution in [0.15, 0.2) is 18.2 Å². The fourth-order valence-electron chi connectivity index (χ4n) is 2.27. The number of benzene rings is 1. The van der Waals surface area contributed by atoms with Crippen LogP contribution in [-0.4, -0.2) is 30.6 Å². The normalized spacial score (nSPS) is 20.4. The fourth-order valence-corrected chi connectivity index (χ4v) is 2.27. The van der Waals surface area contributed by atoms with Gasteiger partial charge in [0.25, 0.3) is 5.69 Å². The number of non-ortho nitro benzene ring substituents is 1. The van der Waals surface area contributed by atoms with Crippen LogP contribution in [0, 0.1) is 17.0 Å². The average molecular weight is 235 g/mol. The Bertz CT molecular complexity index is 434. The van der Waals surface area contributed by atoms with Crippen LogP contribution in [0.5, 0.6) is 0 Å². The van der Waals surface area contributed by atoms with Gasteiger partial charge in [-0.3, -0.25) is 10.1 Å². The van der Waals surface area contributed by atoms with Crippen LogP contribution in [0.1, 0.15) is 12.5 Å². The Morgan fingerprint density at radius 3 is 2.88 bits per heavy atom. The maximum Gasteiger partial charge on any atom is 0.269 e. The SMILES string of the molecule is Cc1cc([N+](=O)[O-])ccc1N1CCNCC1C. The Morgan fingerprint density at radius 1 is 1.53 bits per heavy atom. The van der Waals surface area contributed by atoms with Crippen molar-refractivity contribution >= 4 is 11.4 Å². The number of hydrogen-bond donors (Lipinski definition) is 1. The topological polar surface area (TPSA) is 58.4 Å². The minimum absolute atomic E-state index is 0.161. The summed E-state index contributed by atoms with van der Waals surface area (Å²) < 4.78 is 0. The second kappa shape index (κ2) is 4.71. The molecule has 0 spiro atoms. The van der Waals surface area contributed by atoms with Gasteiger partial charge in [-0.15, -0.1) is 0 Å². The van der Waals surface area contributed by atoms with E-state index < -0.39 is 0 Å². The quantitative estimate of drug-likeness (QED) is 0.626. The predicted octanol–water partition coefficient (Wildman–Crippen LogP) is 1.70. The van der Waals surface area contributed by atoms with E-state index in [1.54, 1.807) is 12.1 Å². The van der Waals surface area contributed by atoms with Gasteiger partial charge in [-0.2, -0.15) is 0 Å². The van der Waals surface area contributed by atoms with Crippen LogP contribution in [0.4, 0.5) is 11.4 Å². The molecule has 1 aromatic carbocycles. The zero-order valence-corrected chi connectivity index (χ0v) is 10.1. The third-order valence-corrected chi connectivity index (χ3v) is 3.20. The van der Waals surface area contributed by atoms with E-state index in [0.717, 1.165) is 30.9 Å². The molecule has 1 fully saturated rings. The number of hydrogen-bond acceptors (Lipinski definition) is 4. The molecule has 1 heterocycles. The minimum atomic E-state index is -0.349. The van der Waals surface area contributed by atoms with Gasteiger partial charge in [0.15, 0.2) is 0 Å². The highest BCUT2D eigenvalue weighted by atomic mass is 16.6. The zero-order chi connectivity index (χ0) is 12.4. The molecule has 0 bridgehead atoms.